The highest BCUT2D eigenvalue weighted by Crippen LogP contribution is 2.33. The Hall–Kier alpha value is -1.23. The fraction of sp³-hybridized carbons (Fsp3) is 0.500. The third kappa shape index (κ3) is 1.78. The van der Waals surface area contributed by atoms with Gasteiger partial charge in [0.2, 0.25) is 5.91 Å². The number of pyridine rings is 1. The van der Waals surface area contributed by atoms with Crippen LogP contribution in [0.3, 0.4) is 0 Å². The number of nitrogens with zero attached hydrogens (tertiary/aromatic N) is 2. The van der Waals surface area contributed by atoms with E-state index in [4.69, 9.17) is 0 Å². The first-order chi connectivity index (χ1) is 8.29. The van der Waals surface area contributed by atoms with Gasteiger partial charge in [0, 0.05) is 24.2 Å². The maximum atomic E-state index is 12.0. The molecule has 0 unspecified atom stereocenters. The van der Waals surface area contributed by atoms with Crippen LogP contribution in [0, 0.1) is 0 Å². The summed E-state index contributed by atoms with van der Waals surface area (Å²) in [5, 5.41) is 2.98. The molecule has 1 atom stereocenters. The molecule has 1 aromatic rings. The number of carbonyl (C=O) groups excluding carboxylic acids is 1. The highest BCUT2D eigenvalue weighted by Gasteiger charge is 2.35. The molecule has 1 N–H and O–H groups in total. The normalized spacial score (nSPS) is 22.8. The summed E-state index contributed by atoms with van der Waals surface area (Å²) in [6.07, 6.45) is 2.85. The van der Waals surface area contributed by atoms with Gasteiger partial charge in [0.15, 0.2) is 5.82 Å². The summed E-state index contributed by atoms with van der Waals surface area (Å²) >= 11 is 1.84. The summed E-state index contributed by atoms with van der Waals surface area (Å²) < 4.78 is 0. The zero-order valence-electron chi connectivity index (χ0n) is 9.77. The van der Waals surface area contributed by atoms with Crippen LogP contribution in [0.4, 0.5) is 11.5 Å². The number of carbonyl (C=O) groups is 1. The van der Waals surface area contributed by atoms with Gasteiger partial charge in [0.1, 0.15) is 6.04 Å². The van der Waals surface area contributed by atoms with Crippen molar-refractivity contribution in [3.63, 3.8) is 0 Å². The van der Waals surface area contributed by atoms with Crippen LogP contribution in [0.15, 0.2) is 12.3 Å². The Bertz CT molecular complexity index is 463. The molecule has 0 aliphatic carbocycles. The van der Waals surface area contributed by atoms with Crippen LogP contribution in [0.5, 0.6) is 0 Å². The monoisotopic (exact) mass is 249 g/mol. The number of hydrogen-bond acceptors (Lipinski definition) is 4. The van der Waals surface area contributed by atoms with Gasteiger partial charge >= 0.3 is 0 Å². The minimum atomic E-state index is -0.0405. The molecule has 2 aliphatic heterocycles. The van der Waals surface area contributed by atoms with Crippen molar-refractivity contribution < 1.29 is 4.79 Å². The predicted molar refractivity (Wildman–Crippen MR) is 70.7 cm³/mol. The highest BCUT2D eigenvalue weighted by molar-refractivity contribution is 7.99. The van der Waals surface area contributed by atoms with Gasteiger partial charge in [0.25, 0.3) is 0 Å². The second-order valence-corrected chi connectivity index (χ2v) is 5.49. The molecule has 3 heterocycles. The van der Waals surface area contributed by atoms with Crippen LogP contribution in [0.25, 0.3) is 0 Å². The first kappa shape index (κ1) is 10.9. The van der Waals surface area contributed by atoms with Gasteiger partial charge in [-0.25, -0.2) is 4.98 Å². The van der Waals surface area contributed by atoms with Crippen molar-refractivity contribution in [3.8, 4) is 0 Å². The van der Waals surface area contributed by atoms with Crippen molar-refractivity contribution in [2.75, 3.05) is 28.3 Å². The summed E-state index contributed by atoms with van der Waals surface area (Å²) in [5.74, 6) is 2.98. The maximum absolute atomic E-state index is 12.0. The summed E-state index contributed by atoms with van der Waals surface area (Å²) in [5.41, 5.74) is 2.03. The van der Waals surface area contributed by atoms with Crippen LogP contribution in [-0.2, 0) is 11.2 Å². The molecule has 1 aromatic heterocycles. The number of amides is 1. The van der Waals surface area contributed by atoms with E-state index >= 15 is 0 Å². The minimum Gasteiger partial charge on any atom is -0.341 e. The molecular weight excluding hydrogens is 234 g/mol. The molecule has 0 spiro atoms. The molecule has 1 fully saturated rings. The fourth-order valence-corrected chi connectivity index (χ4v) is 3.35. The molecule has 2 aliphatic rings. The number of hydrogen-bond donors (Lipinski definition) is 1. The van der Waals surface area contributed by atoms with Crippen molar-refractivity contribution in [2.24, 2.45) is 0 Å². The Morgan fingerprint density at radius 3 is 3.35 bits per heavy atom. The molecule has 3 rings (SSSR count). The largest absolute Gasteiger partial charge is 0.341 e. The third-order valence-corrected chi connectivity index (χ3v) is 4.32. The Morgan fingerprint density at radius 1 is 1.65 bits per heavy atom. The molecular formula is C12H15N3OS. The van der Waals surface area contributed by atoms with Gasteiger partial charge in [-0.05, 0) is 18.1 Å². The molecule has 5 heteroatoms. The van der Waals surface area contributed by atoms with Crippen molar-refractivity contribution >= 4 is 29.2 Å². The first-order valence-electron chi connectivity index (χ1n) is 5.93. The van der Waals surface area contributed by atoms with E-state index in [9.17, 15) is 4.79 Å². The Morgan fingerprint density at radius 2 is 2.53 bits per heavy atom. The van der Waals surface area contributed by atoms with E-state index in [1.807, 2.05) is 24.0 Å². The van der Waals surface area contributed by atoms with E-state index in [0.29, 0.717) is 0 Å². The van der Waals surface area contributed by atoms with Crippen LogP contribution in [0.1, 0.15) is 12.5 Å². The van der Waals surface area contributed by atoms with Gasteiger partial charge in [0.05, 0.1) is 5.69 Å². The summed E-state index contributed by atoms with van der Waals surface area (Å²) in [6, 6.07) is 2.00. The smallest absolute Gasteiger partial charge is 0.248 e. The second-order valence-electron chi connectivity index (χ2n) is 4.34. The van der Waals surface area contributed by atoms with E-state index in [-0.39, 0.29) is 11.9 Å². The number of aryl methyl sites for hydroxylation is 1. The van der Waals surface area contributed by atoms with E-state index in [2.05, 4.69) is 22.1 Å². The number of aromatic nitrogens is 1. The van der Waals surface area contributed by atoms with Crippen molar-refractivity contribution in [3.05, 3.63) is 17.8 Å². The average Bonchev–Trinajstić information content (AvgIpc) is 2.38. The quantitative estimate of drug-likeness (QED) is 0.819. The van der Waals surface area contributed by atoms with Gasteiger partial charge in [-0.2, -0.15) is 11.8 Å². The molecule has 0 bridgehead atoms. The summed E-state index contributed by atoms with van der Waals surface area (Å²) in [7, 11) is 0. The first-order valence-corrected chi connectivity index (χ1v) is 7.09. The number of nitrogens with one attached hydrogen (secondary N) is 1. The zero-order valence-corrected chi connectivity index (χ0v) is 10.6. The lowest BCUT2D eigenvalue weighted by Gasteiger charge is -2.39. The number of thioether (sulfide) groups is 1. The fourth-order valence-electron chi connectivity index (χ4n) is 2.31. The molecule has 17 heavy (non-hydrogen) atoms. The number of fused-ring (bicyclic) bond motifs is 3. The Labute approximate surface area is 105 Å². The summed E-state index contributed by atoms with van der Waals surface area (Å²) in [6.45, 7) is 3.00. The van der Waals surface area contributed by atoms with Gasteiger partial charge in [-0.3, -0.25) is 4.79 Å². The van der Waals surface area contributed by atoms with Gasteiger partial charge in [-0.1, -0.05) is 6.92 Å². The van der Waals surface area contributed by atoms with Gasteiger partial charge < -0.3 is 10.2 Å². The van der Waals surface area contributed by atoms with E-state index in [1.54, 1.807) is 0 Å². The van der Waals surface area contributed by atoms with Crippen molar-refractivity contribution in [2.45, 2.75) is 19.4 Å². The number of rotatable bonds is 1. The lowest BCUT2D eigenvalue weighted by atomic mass is 10.1. The standard InChI is InChI=1S/C12H15N3OS/c1-2-8-5-9-11(13-6-8)15-3-4-17-7-10(15)12(16)14-9/h5-6,10H,2-4,7H2,1H3,(H,14,16)/t10-/m0/s1. The van der Waals surface area contributed by atoms with Crippen LogP contribution in [0.2, 0.25) is 0 Å². The third-order valence-electron chi connectivity index (χ3n) is 3.29. The zero-order chi connectivity index (χ0) is 11.8. The van der Waals surface area contributed by atoms with Crippen LogP contribution >= 0.6 is 11.8 Å². The van der Waals surface area contributed by atoms with E-state index in [0.717, 1.165) is 41.5 Å². The molecule has 0 aromatic carbocycles. The topological polar surface area (TPSA) is 45.2 Å². The predicted octanol–water partition coefficient (Wildman–Crippen LogP) is 1.52. The molecule has 1 amide bonds. The molecule has 90 valence electrons. The Kier molecular flexibility index (Phi) is 2.70. The van der Waals surface area contributed by atoms with Crippen LogP contribution in [-0.4, -0.2) is 35.0 Å². The molecule has 0 saturated carbocycles. The van der Waals surface area contributed by atoms with Gasteiger partial charge in [-0.15, -0.1) is 0 Å². The lowest BCUT2D eigenvalue weighted by molar-refractivity contribution is -0.117. The molecule has 0 radical (unpaired) electrons. The van der Waals surface area contributed by atoms with E-state index < -0.39 is 0 Å². The molecule has 1 saturated heterocycles. The Balaban J connectivity index is 2.02. The second kappa shape index (κ2) is 4.22. The molecule has 4 nitrogen and oxygen atoms in total. The minimum absolute atomic E-state index is 0.0405. The average molecular weight is 249 g/mol. The lowest BCUT2D eigenvalue weighted by Crippen LogP contribution is -2.53. The van der Waals surface area contributed by atoms with Crippen molar-refractivity contribution in [1.82, 2.24) is 4.98 Å². The summed E-state index contributed by atoms with van der Waals surface area (Å²) in [4.78, 5) is 18.7. The number of anilines is 2. The van der Waals surface area contributed by atoms with Crippen molar-refractivity contribution in [1.29, 1.82) is 0 Å². The van der Waals surface area contributed by atoms with Crippen LogP contribution < -0.4 is 10.2 Å². The highest BCUT2D eigenvalue weighted by atomic mass is 32.2. The SMILES string of the molecule is CCc1cnc2c(c1)NC(=O)[C@@H]1CSCCN21. The maximum Gasteiger partial charge on any atom is 0.248 e. The van der Waals surface area contributed by atoms with E-state index in [1.165, 1.54) is 0 Å².